The fourth-order valence-electron chi connectivity index (χ4n) is 10.3. The minimum Gasteiger partial charge on any atom is -0.396 e. The normalized spacial score (nSPS) is 32.4. The second kappa shape index (κ2) is 24.0. The molecule has 6 aliphatic rings. The molecule has 2 N–H and O–H groups in total. The van der Waals surface area contributed by atoms with Gasteiger partial charge in [0.25, 0.3) is 10.0 Å². The number of rotatable bonds is 13. The van der Waals surface area contributed by atoms with Gasteiger partial charge in [-0.3, -0.25) is 0 Å². The molecule has 16 nitrogen and oxygen atoms in total. The zero-order valence-corrected chi connectivity index (χ0v) is 55.6. The Balaban J connectivity index is 0.00000128. The maximum Gasteiger partial charge on any atom is 0.515 e. The van der Waals surface area contributed by atoms with Crippen LogP contribution >= 0.6 is 0 Å². The average molecular weight is 1270 g/mol. The van der Waals surface area contributed by atoms with Gasteiger partial charge in [-0.1, -0.05) is 256 Å². The second-order valence-corrected chi connectivity index (χ2v) is 48.7. The molecule has 0 radical (unpaired) electrons. The van der Waals surface area contributed by atoms with Gasteiger partial charge in [-0.15, -0.1) is 0 Å². The van der Waals surface area contributed by atoms with Crippen LogP contribution in [0.5, 0.6) is 0 Å². The lowest BCUT2D eigenvalue weighted by atomic mass is 10.4. The van der Waals surface area contributed by atoms with Crippen molar-refractivity contribution in [3.8, 4) is 0 Å². The van der Waals surface area contributed by atoms with Gasteiger partial charge in [0.05, 0.1) is 0 Å². The fourth-order valence-corrected chi connectivity index (χ4v) is 63.6. The van der Waals surface area contributed by atoms with Crippen molar-refractivity contribution < 1.29 is 67.8 Å². The Bertz CT molecular complexity index is 3050. The van der Waals surface area contributed by atoms with E-state index in [9.17, 15) is 5.11 Å². The number of aliphatic hydroxyl groups excluding tert-OH is 2. The van der Waals surface area contributed by atoms with Gasteiger partial charge in [-0.25, -0.2) is 0 Å². The van der Waals surface area contributed by atoms with E-state index in [-0.39, 0.29) is 19.1 Å². The molecule has 6 heterocycles. The number of fused-ring (bicyclic) bond motifs is 4. The van der Waals surface area contributed by atoms with E-state index in [1.54, 1.807) is 0 Å². The van der Waals surface area contributed by atoms with E-state index in [1.807, 2.05) is 249 Å². The van der Waals surface area contributed by atoms with Crippen molar-refractivity contribution >= 4 is 130 Å². The van der Waals surface area contributed by atoms with Crippen LogP contribution in [0, 0.1) is 0 Å². The summed E-state index contributed by atoms with van der Waals surface area (Å²) < 4.78 is 114. The SMILES string of the molecule is CCCCO.C[Si]1(CCCO)O[Si]2(c3ccccc3)O[Si]3(c4ccccc4)O[Si]4(c5ccccc5)O[SiH2]O[Si]5(c6ccccc6)O[Si](c6ccccc6)(O[Si](c6ccccc6)(O1)O[Si](c1ccccc1)(O5)O[Si](c1ccccc1)(O4)O2)O3. The largest absolute Gasteiger partial charge is 0.515 e. The molecule has 0 aliphatic carbocycles. The molecular formula is C56H62O16Si10. The minimum absolute atomic E-state index is 0.186. The molecule has 8 aromatic carbocycles. The summed E-state index contributed by atoms with van der Waals surface area (Å²) in [6, 6.07) is 76.8. The Kier molecular flexibility index (Phi) is 16.9. The molecule has 6 fully saturated rings. The van der Waals surface area contributed by atoms with E-state index in [0.717, 1.165) is 12.8 Å². The lowest BCUT2D eigenvalue weighted by molar-refractivity contribution is 0.0290. The standard InChI is InChI=1S/C52H52O15Si10.C4H10O/c1-69(44-26-43-53)56-72(47-31-14-4-15-32-47)62-74(49-35-18-6-19-36-49)58-70(45-27-10-2-11-28-45)54-68-55-71(46-29-12-3-13-30-46)60-76(66-74,51-39-22-8-23-40-51)64-73(57-69,48-33-16-5-17-34-48)65-77(61-71,52-41-24-9-25-42-52)67-75(59-70,63-72)50-37-20-7-21-38-50;1-2-3-4-5/h2-25,27-42,53H,26,43-44,68H2,1H3;5H,2-4H2,1H3. The molecule has 82 heavy (non-hydrogen) atoms. The van der Waals surface area contributed by atoms with Crippen molar-refractivity contribution in [2.75, 3.05) is 13.2 Å². The van der Waals surface area contributed by atoms with E-state index in [2.05, 4.69) is 6.92 Å². The topological polar surface area (TPSA) is 170 Å². The maximum absolute atomic E-state index is 10.9. The fraction of sp³-hybridized carbons (Fsp3) is 0.143. The third-order valence-corrected chi connectivity index (χ3v) is 54.9. The van der Waals surface area contributed by atoms with Crippen LogP contribution in [0.2, 0.25) is 12.6 Å². The lowest BCUT2D eigenvalue weighted by Crippen LogP contribution is -2.92. The van der Waals surface area contributed by atoms with E-state index >= 15 is 0 Å². The zero-order valence-electron chi connectivity index (χ0n) is 45.2. The number of benzene rings is 8. The first-order valence-electron chi connectivity index (χ1n) is 27.4. The third kappa shape index (κ3) is 11.0. The van der Waals surface area contributed by atoms with Gasteiger partial charge in [0, 0.05) is 54.7 Å². The van der Waals surface area contributed by atoms with Gasteiger partial charge in [0.1, 0.15) is 0 Å². The van der Waals surface area contributed by atoms with Crippen molar-refractivity contribution in [3.63, 3.8) is 0 Å². The summed E-state index contributed by atoms with van der Waals surface area (Å²) in [7, 11) is -46.1. The van der Waals surface area contributed by atoms with Gasteiger partial charge < -0.3 is 67.8 Å². The summed E-state index contributed by atoms with van der Waals surface area (Å²) in [6.07, 6.45) is 2.30. The summed E-state index contributed by atoms with van der Waals surface area (Å²) in [6.45, 7) is 4.16. The minimum atomic E-state index is -5.05. The average Bonchev–Trinajstić information content (AvgIpc) is 0.952. The molecule has 8 aromatic rings. The van der Waals surface area contributed by atoms with E-state index in [0.29, 0.717) is 48.1 Å². The highest BCUT2D eigenvalue weighted by molar-refractivity contribution is 7.12. The van der Waals surface area contributed by atoms with Crippen molar-refractivity contribution in [2.24, 2.45) is 0 Å². The summed E-state index contributed by atoms with van der Waals surface area (Å²) in [5, 5.41) is 23.1. The monoisotopic (exact) mass is 1270 g/mol. The van der Waals surface area contributed by atoms with Crippen LogP contribution in [-0.2, 0) is 57.6 Å². The molecule has 4 unspecified atom stereocenters. The van der Waals surface area contributed by atoms with Crippen LogP contribution < -0.4 is 41.5 Å². The highest BCUT2D eigenvalue weighted by atomic mass is 28.6. The van der Waals surface area contributed by atoms with Crippen LogP contribution in [0.3, 0.4) is 0 Å². The Morgan fingerprint density at radius 1 is 0.280 bits per heavy atom. The van der Waals surface area contributed by atoms with Crippen LogP contribution in [0.4, 0.5) is 0 Å². The Hall–Kier alpha value is -4.71. The molecular weight excluding hydrogens is 1210 g/mol. The third-order valence-electron chi connectivity index (χ3n) is 14.2. The molecule has 0 amide bonds. The van der Waals surface area contributed by atoms with E-state index in [1.165, 1.54) is 0 Å². The maximum atomic E-state index is 10.9. The van der Waals surface area contributed by atoms with Crippen molar-refractivity contribution in [1.29, 1.82) is 0 Å². The molecule has 6 saturated heterocycles. The molecule has 8 bridgehead atoms. The highest BCUT2D eigenvalue weighted by Gasteiger charge is 2.82. The van der Waals surface area contributed by atoms with Gasteiger partial charge in [0.2, 0.25) is 0 Å². The lowest BCUT2D eigenvalue weighted by Gasteiger charge is -2.59. The molecule has 26 heteroatoms. The quantitative estimate of drug-likeness (QED) is 0.161. The van der Waals surface area contributed by atoms with Crippen LogP contribution in [0.25, 0.3) is 0 Å². The second-order valence-electron chi connectivity index (χ2n) is 20.0. The van der Waals surface area contributed by atoms with Gasteiger partial charge in [0.15, 0.2) is 0 Å². The van der Waals surface area contributed by atoms with Gasteiger partial charge in [-0.05, 0) is 25.4 Å². The number of aliphatic hydroxyl groups is 2. The summed E-state index contributed by atoms with van der Waals surface area (Å²) in [4.78, 5) is 0. The predicted molar refractivity (Wildman–Crippen MR) is 328 cm³/mol. The molecule has 0 aromatic heterocycles. The predicted octanol–water partition coefficient (Wildman–Crippen LogP) is 3.29. The van der Waals surface area contributed by atoms with Gasteiger partial charge in [-0.2, -0.15) is 0 Å². The molecule has 0 saturated carbocycles. The van der Waals surface area contributed by atoms with Crippen molar-refractivity contribution in [3.05, 3.63) is 243 Å². The first-order valence-corrected chi connectivity index (χ1v) is 44.8. The van der Waals surface area contributed by atoms with Crippen molar-refractivity contribution in [2.45, 2.75) is 38.8 Å². The smallest absolute Gasteiger partial charge is 0.396 e. The zero-order chi connectivity index (χ0) is 56.3. The summed E-state index contributed by atoms with van der Waals surface area (Å²) in [5.41, 5.74) is 0. The van der Waals surface area contributed by atoms with Gasteiger partial charge >= 0.3 is 79.0 Å². The number of unbranched alkanes of at least 4 members (excludes halogenated alkanes) is 1. The van der Waals surface area contributed by atoms with Crippen molar-refractivity contribution in [1.82, 2.24) is 0 Å². The molecule has 6 aliphatic heterocycles. The summed E-state index contributed by atoms with van der Waals surface area (Å²) >= 11 is 0. The molecule has 14 rings (SSSR count). The van der Waals surface area contributed by atoms with Crippen LogP contribution in [0.1, 0.15) is 26.2 Å². The van der Waals surface area contributed by atoms with E-state index < -0.39 is 89.0 Å². The molecule has 4 atom stereocenters. The first-order chi connectivity index (χ1) is 40.0. The number of hydrogen-bond donors (Lipinski definition) is 2. The number of hydrogen-bond acceptors (Lipinski definition) is 16. The first kappa shape index (κ1) is 57.7. The highest BCUT2D eigenvalue weighted by Crippen LogP contribution is 2.46. The Morgan fingerprint density at radius 2 is 0.476 bits per heavy atom. The van der Waals surface area contributed by atoms with Crippen LogP contribution in [0.15, 0.2) is 243 Å². The molecule has 422 valence electrons. The Morgan fingerprint density at radius 3 is 0.671 bits per heavy atom. The van der Waals surface area contributed by atoms with E-state index in [4.69, 9.17) is 62.7 Å². The molecule has 0 spiro atoms. The Labute approximate surface area is 489 Å². The summed E-state index contributed by atoms with van der Waals surface area (Å²) in [5.74, 6) is 0. The van der Waals surface area contributed by atoms with Crippen LogP contribution in [-0.4, -0.2) is 112 Å².